The Bertz CT molecular complexity index is 1240. The molecule has 11 atom stereocenters. The van der Waals surface area contributed by atoms with Crippen LogP contribution in [-0.2, 0) is 11.2 Å². The predicted molar refractivity (Wildman–Crippen MR) is 155 cm³/mol. The van der Waals surface area contributed by atoms with E-state index in [1.807, 2.05) is 19.1 Å². The molecule has 4 aliphatic carbocycles. The second-order valence-corrected chi connectivity index (χ2v) is 14.3. The lowest BCUT2D eigenvalue weighted by atomic mass is 9.41. The van der Waals surface area contributed by atoms with Gasteiger partial charge in [0.05, 0.1) is 24.4 Å². The minimum absolute atomic E-state index is 0.194. The predicted octanol–water partition coefficient (Wildman–Crippen LogP) is 6.81. The third-order valence-corrected chi connectivity index (χ3v) is 12.6. The number of aliphatic hydroxyl groups is 2. The molecule has 0 bridgehead atoms. The van der Waals surface area contributed by atoms with Crippen LogP contribution in [0.15, 0.2) is 22.6 Å². The van der Waals surface area contributed by atoms with Gasteiger partial charge in [-0.15, -0.1) is 0 Å². The molecule has 1 aromatic carbocycles. The average molecular weight is 552 g/mol. The molecule has 1 heterocycles. The normalized spacial score (nSPS) is 41.7. The van der Waals surface area contributed by atoms with E-state index in [9.17, 15) is 15.0 Å². The molecule has 0 amide bonds. The summed E-state index contributed by atoms with van der Waals surface area (Å²) in [7, 11) is 0. The van der Waals surface area contributed by atoms with E-state index in [4.69, 9.17) is 14.1 Å². The van der Waals surface area contributed by atoms with Crippen LogP contribution in [0.4, 0.5) is 0 Å². The van der Waals surface area contributed by atoms with Crippen molar-refractivity contribution in [3.8, 4) is 0 Å². The lowest BCUT2D eigenvalue weighted by molar-refractivity contribution is -0.203. The molecule has 220 valence electrons. The summed E-state index contributed by atoms with van der Waals surface area (Å²) in [6.07, 6.45) is 8.89. The van der Waals surface area contributed by atoms with Crippen LogP contribution in [0.3, 0.4) is 0 Å². The third kappa shape index (κ3) is 4.26. The molecule has 2 N–H and O–H groups in total. The van der Waals surface area contributed by atoms with Crippen molar-refractivity contribution in [1.29, 1.82) is 0 Å². The molecular weight excluding hydrogens is 502 g/mol. The highest BCUT2D eigenvalue weighted by atomic mass is 16.5. The largest absolute Gasteiger partial charge is 0.462 e. The first-order valence-corrected chi connectivity index (χ1v) is 16.0. The number of carbonyl (C=O) groups excluding carboxylic acids is 1. The molecule has 0 saturated heterocycles. The molecular formula is C34H49NO5. The number of ether oxygens (including phenoxy) is 1. The smallest absolute Gasteiger partial charge is 0.340 e. The zero-order valence-corrected chi connectivity index (χ0v) is 25.1. The second-order valence-electron chi connectivity index (χ2n) is 14.3. The number of hydrogen-bond acceptors (Lipinski definition) is 6. The SMILES string of the molecule is CCOC(=O)c1cccc2oc(C[C@@H](C)[C@H]3CCC4C5C(CC[C@@]43C)[C@@]3(C)CC[C@@H](O)C[C@H]3[C@@H](CC)[C@H]5O)nc12. The van der Waals surface area contributed by atoms with Gasteiger partial charge in [0.15, 0.2) is 11.5 Å². The molecule has 4 saturated carbocycles. The van der Waals surface area contributed by atoms with Crippen LogP contribution in [0.5, 0.6) is 0 Å². The number of aliphatic hydroxyl groups excluding tert-OH is 2. The lowest BCUT2D eigenvalue weighted by Gasteiger charge is -2.64. The summed E-state index contributed by atoms with van der Waals surface area (Å²) in [5, 5.41) is 22.5. The molecule has 0 aliphatic heterocycles. The van der Waals surface area contributed by atoms with Gasteiger partial charge in [-0.3, -0.25) is 0 Å². The van der Waals surface area contributed by atoms with Crippen LogP contribution >= 0.6 is 0 Å². The number of rotatable bonds is 6. The molecule has 4 fully saturated rings. The molecule has 1 aromatic heterocycles. The molecule has 0 spiro atoms. The van der Waals surface area contributed by atoms with Crippen molar-refractivity contribution in [1.82, 2.24) is 4.98 Å². The van der Waals surface area contributed by atoms with E-state index in [0.717, 1.165) is 32.1 Å². The summed E-state index contributed by atoms with van der Waals surface area (Å²) >= 11 is 0. The van der Waals surface area contributed by atoms with Gasteiger partial charge in [0.1, 0.15) is 5.52 Å². The number of benzene rings is 1. The first-order valence-electron chi connectivity index (χ1n) is 16.0. The van der Waals surface area contributed by atoms with Gasteiger partial charge in [-0.25, -0.2) is 9.78 Å². The third-order valence-electron chi connectivity index (χ3n) is 12.6. The Morgan fingerprint density at radius 1 is 1.07 bits per heavy atom. The summed E-state index contributed by atoms with van der Waals surface area (Å²) in [6.45, 7) is 11.7. The Morgan fingerprint density at radius 3 is 2.58 bits per heavy atom. The van der Waals surface area contributed by atoms with E-state index in [2.05, 4.69) is 27.7 Å². The maximum Gasteiger partial charge on any atom is 0.340 e. The molecule has 4 aliphatic rings. The summed E-state index contributed by atoms with van der Waals surface area (Å²) in [5.74, 6) is 3.42. The summed E-state index contributed by atoms with van der Waals surface area (Å²) in [4.78, 5) is 17.3. The molecule has 6 nitrogen and oxygen atoms in total. The highest BCUT2D eigenvalue weighted by molar-refractivity contribution is 6.01. The number of para-hydroxylation sites is 1. The fourth-order valence-electron chi connectivity index (χ4n) is 10.8. The van der Waals surface area contributed by atoms with Crippen LogP contribution in [-0.4, -0.2) is 40.0 Å². The second kappa shape index (κ2) is 10.4. The van der Waals surface area contributed by atoms with Gasteiger partial charge >= 0.3 is 5.97 Å². The van der Waals surface area contributed by atoms with Crippen LogP contribution in [0, 0.1) is 52.3 Å². The standard InChI is InChI=1S/C34H49NO5/c1-6-21-26-18-20(36)13-15-34(26,5)25-14-16-33(4)23(11-12-24(33)29(25)31(21)37)19(3)17-28-35-30-22(32(38)39-7-2)9-8-10-27(30)40-28/h8-10,19-21,23-26,29,31,36-37H,6-7,11-18H2,1-5H3/t19-,20-,21-,23-,24?,25?,26+,29?,31-,33-,34-/m1/s1. The Morgan fingerprint density at radius 2 is 1.82 bits per heavy atom. The molecule has 6 heteroatoms. The van der Waals surface area contributed by atoms with Gasteiger partial charge in [0.2, 0.25) is 0 Å². The molecule has 3 unspecified atom stereocenters. The first-order chi connectivity index (χ1) is 19.1. The van der Waals surface area contributed by atoms with Gasteiger partial charge < -0.3 is 19.4 Å². The Hall–Kier alpha value is -1.92. The Balaban J connectivity index is 1.24. The number of hydrogen-bond donors (Lipinski definition) is 2. The van der Waals surface area contributed by atoms with Crippen LogP contribution in [0.25, 0.3) is 11.1 Å². The maximum atomic E-state index is 12.5. The van der Waals surface area contributed by atoms with Gasteiger partial charge in [-0.2, -0.15) is 0 Å². The highest BCUT2D eigenvalue weighted by Crippen LogP contribution is 2.69. The van der Waals surface area contributed by atoms with E-state index in [1.54, 1.807) is 6.07 Å². The average Bonchev–Trinajstić information content (AvgIpc) is 3.50. The number of nitrogens with zero attached hydrogens (tertiary/aromatic N) is 1. The number of fused-ring (bicyclic) bond motifs is 6. The van der Waals surface area contributed by atoms with E-state index >= 15 is 0 Å². The van der Waals surface area contributed by atoms with E-state index in [1.165, 1.54) is 25.7 Å². The fourth-order valence-corrected chi connectivity index (χ4v) is 10.8. The van der Waals surface area contributed by atoms with Crippen molar-refractivity contribution in [2.45, 2.75) is 105 Å². The van der Waals surface area contributed by atoms with Crippen molar-refractivity contribution in [3.05, 3.63) is 29.7 Å². The zero-order valence-electron chi connectivity index (χ0n) is 25.1. The van der Waals surface area contributed by atoms with Gasteiger partial charge in [0.25, 0.3) is 0 Å². The molecule has 0 radical (unpaired) electrons. The van der Waals surface area contributed by atoms with Crippen molar-refractivity contribution < 1.29 is 24.2 Å². The summed E-state index contributed by atoms with van der Waals surface area (Å²) < 4.78 is 11.4. The van der Waals surface area contributed by atoms with Gasteiger partial charge in [-0.1, -0.05) is 40.2 Å². The minimum atomic E-state index is -0.358. The fraction of sp³-hybridized carbons (Fsp3) is 0.765. The van der Waals surface area contributed by atoms with E-state index in [-0.39, 0.29) is 34.9 Å². The van der Waals surface area contributed by atoms with Gasteiger partial charge in [0, 0.05) is 6.42 Å². The quantitative estimate of drug-likeness (QED) is 0.383. The highest BCUT2D eigenvalue weighted by Gasteiger charge is 2.64. The first kappa shape index (κ1) is 28.2. The molecule has 6 rings (SSSR count). The Kier molecular flexibility index (Phi) is 7.35. The number of carbonyl (C=O) groups is 1. The summed E-state index contributed by atoms with van der Waals surface area (Å²) in [5.41, 5.74) is 2.12. The number of oxazole rings is 1. The minimum Gasteiger partial charge on any atom is -0.462 e. The van der Waals surface area contributed by atoms with Crippen molar-refractivity contribution in [2.24, 2.45) is 52.3 Å². The van der Waals surface area contributed by atoms with Gasteiger partial charge in [-0.05, 0) is 116 Å². The van der Waals surface area contributed by atoms with Crippen molar-refractivity contribution in [2.75, 3.05) is 6.61 Å². The number of esters is 1. The molecule has 40 heavy (non-hydrogen) atoms. The maximum absolute atomic E-state index is 12.5. The van der Waals surface area contributed by atoms with Crippen molar-refractivity contribution >= 4 is 17.1 Å². The lowest BCUT2D eigenvalue weighted by Crippen LogP contribution is -2.62. The molecule has 2 aromatic rings. The zero-order chi connectivity index (χ0) is 28.4. The van der Waals surface area contributed by atoms with E-state index < -0.39 is 0 Å². The monoisotopic (exact) mass is 551 g/mol. The topological polar surface area (TPSA) is 92.8 Å². The Labute approximate surface area is 239 Å². The van der Waals surface area contributed by atoms with Crippen LogP contribution in [0.1, 0.15) is 102 Å². The van der Waals surface area contributed by atoms with Crippen LogP contribution in [0.2, 0.25) is 0 Å². The summed E-state index contributed by atoms with van der Waals surface area (Å²) in [6, 6.07) is 5.46. The number of aromatic nitrogens is 1. The van der Waals surface area contributed by atoms with Crippen LogP contribution < -0.4 is 0 Å². The van der Waals surface area contributed by atoms with E-state index in [0.29, 0.717) is 64.7 Å². The van der Waals surface area contributed by atoms with Crippen molar-refractivity contribution in [3.63, 3.8) is 0 Å².